The van der Waals surface area contributed by atoms with Crippen molar-refractivity contribution in [3.63, 3.8) is 0 Å². The van der Waals surface area contributed by atoms with Gasteiger partial charge in [0.05, 0.1) is 19.2 Å². The number of benzene rings is 3. The van der Waals surface area contributed by atoms with Gasteiger partial charge in [-0.25, -0.2) is 14.8 Å². The predicted octanol–water partition coefficient (Wildman–Crippen LogP) is 3.81. The molecular formula is C30H29N7O4. The minimum Gasteiger partial charge on any atom is -0.497 e. The zero-order valence-electron chi connectivity index (χ0n) is 22.7. The number of rotatable bonds is 6. The van der Waals surface area contributed by atoms with Gasteiger partial charge >= 0.3 is 6.09 Å². The number of carbonyl (C=O) groups excluding carboxylic acids is 2. The molecule has 11 nitrogen and oxygen atoms in total. The first kappa shape index (κ1) is 26.1. The van der Waals surface area contributed by atoms with Crippen molar-refractivity contribution in [2.75, 3.05) is 32.1 Å². The molecule has 3 aromatic carbocycles. The number of fused-ring (bicyclic) bond motifs is 3. The van der Waals surface area contributed by atoms with Crippen LogP contribution in [-0.4, -0.2) is 69.3 Å². The normalized spacial score (nSPS) is 15.4. The van der Waals surface area contributed by atoms with Crippen LogP contribution in [0.5, 0.6) is 5.75 Å². The molecule has 1 saturated heterocycles. The second-order valence-electron chi connectivity index (χ2n) is 9.78. The Morgan fingerprint density at radius 2 is 1.85 bits per heavy atom. The Labute approximate surface area is 236 Å². The van der Waals surface area contributed by atoms with Gasteiger partial charge in [0.15, 0.2) is 11.5 Å². The lowest BCUT2D eigenvalue weighted by Gasteiger charge is -2.23. The largest absolute Gasteiger partial charge is 0.497 e. The molecule has 2 aromatic heterocycles. The van der Waals surface area contributed by atoms with Crippen molar-refractivity contribution in [1.82, 2.24) is 29.8 Å². The minimum atomic E-state index is -0.798. The van der Waals surface area contributed by atoms with E-state index in [0.29, 0.717) is 36.0 Å². The summed E-state index contributed by atoms with van der Waals surface area (Å²) in [6.07, 6.45) is -0.494. The average Bonchev–Trinajstić information content (AvgIpc) is 3.36. The molecule has 1 atom stereocenters. The summed E-state index contributed by atoms with van der Waals surface area (Å²) in [5.74, 6) is 1.32. The Morgan fingerprint density at radius 3 is 2.63 bits per heavy atom. The van der Waals surface area contributed by atoms with Gasteiger partial charge in [-0.2, -0.15) is 4.52 Å². The molecule has 0 radical (unpaired) electrons. The van der Waals surface area contributed by atoms with Crippen molar-refractivity contribution < 1.29 is 19.1 Å². The Bertz CT molecular complexity index is 1720. The van der Waals surface area contributed by atoms with E-state index in [9.17, 15) is 9.59 Å². The molecule has 208 valence electrons. The van der Waals surface area contributed by atoms with E-state index in [2.05, 4.69) is 10.6 Å². The molecule has 1 aliphatic heterocycles. The molecule has 3 heterocycles. The second-order valence-corrected chi connectivity index (χ2v) is 9.78. The fourth-order valence-electron chi connectivity index (χ4n) is 4.85. The smallest absolute Gasteiger partial charge is 0.410 e. The number of nitrogens with one attached hydrogen (secondary N) is 2. The number of hydrogen-bond donors (Lipinski definition) is 2. The van der Waals surface area contributed by atoms with Gasteiger partial charge in [-0.05, 0) is 48.4 Å². The fraction of sp³-hybridized carbons (Fsp3) is 0.233. The maximum atomic E-state index is 13.1. The summed E-state index contributed by atoms with van der Waals surface area (Å²) in [5, 5.41) is 11.7. The molecule has 0 bridgehead atoms. The van der Waals surface area contributed by atoms with Crippen molar-refractivity contribution in [2.24, 2.45) is 0 Å². The van der Waals surface area contributed by atoms with Crippen LogP contribution in [0.1, 0.15) is 11.1 Å². The van der Waals surface area contributed by atoms with E-state index in [1.54, 1.807) is 11.6 Å². The number of ether oxygens (including phenoxy) is 2. The Kier molecular flexibility index (Phi) is 7.07. The summed E-state index contributed by atoms with van der Waals surface area (Å²) in [6, 6.07) is 22.0. The minimum absolute atomic E-state index is 0.0918. The van der Waals surface area contributed by atoms with E-state index >= 15 is 0 Å². The molecule has 11 heteroatoms. The summed E-state index contributed by atoms with van der Waals surface area (Å²) < 4.78 is 12.4. The lowest BCUT2D eigenvalue weighted by atomic mass is 10.1. The molecule has 1 unspecified atom stereocenters. The number of hydrogen-bond acceptors (Lipinski definition) is 8. The number of amides is 2. The van der Waals surface area contributed by atoms with Crippen LogP contribution >= 0.6 is 0 Å². The van der Waals surface area contributed by atoms with E-state index in [0.717, 1.165) is 27.8 Å². The number of carbonyl (C=O) groups is 2. The van der Waals surface area contributed by atoms with Crippen molar-refractivity contribution in [3.05, 3.63) is 83.9 Å². The molecule has 0 saturated carbocycles. The van der Waals surface area contributed by atoms with Crippen LogP contribution in [0.4, 0.5) is 10.7 Å². The molecule has 1 aliphatic rings. The number of anilines is 1. The van der Waals surface area contributed by atoms with Crippen molar-refractivity contribution >= 4 is 34.5 Å². The molecule has 5 aromatic rings. The predicted molar refractivity (Wildman–Crippen MR) is 154 cm³/mol. The van der Waals surface area contributed by atoms with Crippen LogP contribution in [0, 0.1) is 6.92 Å². The third-order valence-corrected chi connectivity index (χ3v) is 7.02. The maximum Gasteiger partial charge on any atom is 0.410 e. The molecular weight excluding hydrogens is 522 g/mol. The molecule has 6 rings (SSSR count). The molecule has 1 fully saturated rings. The highest BCUT2D eigenvalue weighted by Crippen LogP contribution is 2.27. The molecule has 0 aliphatic carbocycles. The first-order valence-corrected chi connectivity index (χ1v) is 13.3. The number of aryl methyl sites for hydroxylation is 1. The van der Waals surface area contributed by atoms with Crippen molar-refractivity contribution in [1.29, 1.82) is 0 Å². The summed E-state index contributed by atoms with van der Waals surface area (Å²) in [4.78, 5) is 37.2. The van der Waals surface area contributed by atoms with Gasteiger partial charge in [0, 0.05) is 24.0 Å². The third-order valence-electron chi connectivity index (χ3n) is 7.02. The third kappa shape index (κ3) is 5.33. The van der Waals surface area contributed by atoms with Gasteiger partial charge in [-0.3, -0.25) is 4.79 Å². The fourth-order valence-corrected chi connectivity index (χ4v) is 4.85. The van der Waals surface area contributed by atoms with Gasteiger partial charge in [0.1, 0.15) is 18.4 Å². The summed E-state index contributed by atoms with van der Waals surface area (Å²) in [5.41, 5.74) is 4.01. The molecule has 0 spiro atoms. The van der Waals surface area contributed by atoms with Crippen LogP contribution < -0.4 is 15.4 Å². The number of nitrogens with zero attached hydrogens (tertiary/aromatic N) is 5. The van der Waals surface area contributed by atoms with Gasteiger partial charge < -0.3 is 25.0 Å². The highest BCUT2D eigenvalue weighted by molar-refractivity contribution is 5.96. The van der Waals surface area contributed by atoms with Crippen LogP contribution in [0.2, 0.25) is 0 Å². The lowest BCUT2D eigenvalue weighted by Crippen LogP contribution is -2.44. The Morgan fingerprint density at radius 1 is 1.05 bits per heavy atom. The highest BCUT2D eigenvalue weighted by atomic mass is 16.6. The summed E-state index contributed by atoms with van der Waals surface area (Å²) in [6.45, 7) is 2.87. The van der Waals surface area contributed by atoms with Crippen LogP contribution in [-0.2, 0) is 16.1 Å². The second kappa shape index (κ2) is 11.1. The molecule has 2 N–H and O–H groups in total. The van der Waals surface area contributed by atoms with E-state index in [1.165, 1.54) is 4.90 Å². The summed E-state index contributed by atoms with van der Waals surface area (Å²) >= 11 is 0. The number of methoxy groups -OCH3 is 1. The Balaban J connectivity index is 1.32. The van der Waals surface area contributed by atoms with Crippen LogP contribution in [0.3, 0.4) is 0 Å². The van der Waals surface area contributed by atoms with Crippen LogP contribution in [0.15, 0.2) is 72.8 Å². The van der Waals surface area contributed by atoms with Gasteiger partial charge in [-0.15, -0.1) is 5.10 Å². The zero-order chi connectivity index (χ0) is 28.3. The van der Waals surface area contributed by atoms with Crippen LogP contribution in [0.25, 0.3) is 27.9 Å². The maximum absolute atomic E-state index is 13.1. The summed E-state index contributed by atoms with van der Waals surface area (Å²) in [7, 11) is 1.62. The van der Waals surface area contributed by atoms with E-state index in [4.69, 9.17) is 24.5 Å². The quantitative estimate of drug-likeness (QED) is 0.327. The zero-order valence-corrected chi connectivity index (χ0v) is 22.7. The van der Waals surface area contributed by atoms with Gasteiger partial charge in [0.2, 0.25) is 11.9 Å². The Hall–Kier alpha value is -5.19. The first-order chi connectivity index (χ1) is 20.0. The first-order valence-electron chi connectivity index (χ1n) is 13.3. The topological polar surface area (TPSA) is 123 Å². The standard InChI is InChI=1S/C30H29N7O4/c1-19-7-6-10-23-25(19)27-34-26(21-11-13-22(40-2)14-12-21)35-37(27)29(32-23)33-24-17-36(16-15-31-28(24)38)30(39)41-18-20-8-4-3-5-9-20/h3-14,24H,15-18H2,1-2H3,(H,31,38)(H,32,33). The lowest BCUT2D eigenvalue weighted by molar-refractivity contribution is -0.121. The molecule has 41 heavy (non-hydrogen) atoms. The van der Waals surface area contributed by atoms with Gasteiger partial charge in [0.25, 0.3) is 0 Å². The highest BCUT2D eigenvalue weighted by Gasteiger charge is 2.30. The van der Waals surface area contributed by atoms with E-state index in [1.807, 2.05) is 79.7 Å². The molecule has 2 amide bonds. The average molecular weight is 552 g/mol. The van der Waals surface area contributed by atoms with E-state index < -0.39 is 12.1 Å². The SMILES string of the molecule is COc1ccc(-c2nc3c4c(C)cccc4nc(NC4CN(C(=O)OCc5ccccc5)CCNC4=O)n3n2)cc1. The van der Waals surface area contributed by atoms with Crippen molar-refractivity contribution in [3.8, 4) is 17.1 Å². The van der Waals surface area contributed by atoms with E-state index in [-0.39, 0.29) is 19.1 Å². The monoisotopic (exact) mass is 551 g/mol. The van der Waals surface area contributed by atoms with Gasteiger partial charge in [-0.1, -0.05) is 42.5 Å². The number of aromatic nitrogens is 4. The van der Waals surface area contributed by atoms with Crippen molar-refractivity contribution in [2.45, 2.75) is 19.6 Å².